The van der Waals surface area contributed by atoms with Crippen molar-refractivity contribution in [2.24, 2.45) is 0 Å². The predicted octanol–water partition coefficient (Wildman–Crippen LogP) is 2.74. The van der Waals surface area contributed by atoms with Crippen LogP contribution in [0.5, 0.6) is 0 Å². The van der Waals surface area contributed by atoms with Gasteiger partial charge in [0.15, 0.2) is 5.79 Å². The predicted molar refractivity (Wildman–Crippen MR) is 46.1 cm³/mol. The number of halogens is 2. The Morgan fingerprint density at radius 1 is 1.29 bits per heavy atom. The van der Waals surface area contributed by atoms with E-state index in [0.717, 1.165) is 6.42 Å². The van der Waals surface area contributed by atoms with Crippen molar-refractivity contribution in [1.82, 2.24) is 4.57 Å². The van der Waals surface area contributed by atoms with Gasteiger partial charge in [-0.2, -0.15) is 6.08 Å². The molecule has 1 aromatic heterocycles. The van der Waals surface area contributed by atoms with Crippen LogP contribution >= 0.6 is 0 Å². The molecule has 72 valence electrons. The van der Waals surface area contributed by atoms with Gasteiger partial charge in [-0.05, 0) is 18.0 Å². The van der Waals surface area contributed by atoms with Crippen LogP contribution in [0, 0.1) is 6.42 Å². The Balaban J connectivity index is 0.000000980. The average molecular weight is 228 g/mol. The summed E-state index contributed by atoms with van der Waals surface area (Å²) in [7, 11) is 0. The molecule has 0 amide bonds. The van der Waals surface area contributed by atoms with Gasteiger partial charge in [-0.25, -0.2) is 8.78 Å². The third-order valence-electron chi connectivity index (χ3n) is 1.93. The summed E-state index contributed by atoms with van der Waals surface area (Å²) in [5.74, 6) is -2.42. The summed E-state index contributed by atoms with van der Waals surface area (Å²) >= 11 is 0. The molecule has 0 bridgehead atoms. The van der Waals surface area contributed by atoms with Crippen LogP contribution in [0.3, 0.4) is 0 Å². The van der Waals surface area contributed by atoms with Crippen LogP contribution in [0.2, 0.25) is 0 Å². The number of nitrogens with zero attached hydrogens (tertiary/aromatic N) is 1. The Hall–Kier alpha value is -0.796. The molecule has 0 radical (unpaired) electrons. The molecule has 1 atom stereocenters. The molecule has 0 saturated heterocycles. The molecule has 1 aliphatic carbocycles. The largest absolute Gasteiger partial charge is 0.329 e. The van der Waals surface area contributed by atoms with E-state index >= 15 is 0 Å². The topological polar surface area (TPSA) is 4.93 Å². The van der Waals surface area contributed by atoms with Crippen LogP contribution in [0.1, 0.15) is 0 Å². The van der Waals surface area contributed by atoms with Crippen LogP contribution in [-0.4, -0.2) is 4.57 Å². The van der Waals surface area contributed by atoms with Crippen molar-refractivity contribution in [3.05, 3.63) is 55.0 Å². The number of allylic oxidation sites excluding steroid dienone is 4. The monoisotopic (exact) mass is 228 g/mol. The summed E-state index contributed by atoms with van der Waals surface area (Å²) in [6.07, 6.45) is 7.94. The molecule has 4 heteroatoms. The molecule has 0 aromatic carbocycles. The first-order valence-corrected chi connectivity index (χ1v) is 3.94. The number of aromatic nitrogens is 1. The molecule has 0 fully saturated rings. The summed E-state index contributed by atoms with van der Waals surface area (Å²) in [6.45, 7) is 0. The quantitative estimate of drug-likeness (QED) is 0.514. The first-order chi connectivity index (χ1) is 6.21. The van der Waals surface area contributed by atoms with E-state index in [0.29, 0.717) is 0 Å². The Bertz CT molecular complexity index is 356. The van der Waals surface area contributed by atoms with E-state index in [1.807, 2.05) is 0 Å². The van der Waals surface area contributed by atoms with Crippen LogP contribution in [0.25, 0.3) is 0 Å². The van der Waals surface area contributed by atoms with Crippen molar-refractivity contribution in [1.29, 1.82) is 0 Å². The third-order valence-corrected chi connectivity index (χ3v) is 1.93. The zero-order valence-corrected chi connectivity index (χ0v) is 8.88. The number of alkyl halides is 1. The average Bonchev–Trinajstić information content (AvgIpc) is 2.55. The maximum Gasteiger partial charge on any atom is 0.161 e. The van der Waals surface area contributed by atoms with Gasteiger partial charge in [0.25, 0.3) is 0 Å². The second kappa shape index (κ2) is 4.15. The van der Waals surface area contributed by atoms with Crippen molar-refractivity contribution in [3.8, 4) is 0 Å². The van der Waals surface area contributed by atoms with Crippen LogP contribution in [0.15, 0.2) is 48.6 Å². The molecular weight excluding hydrogens is 220 g/mol. The van der Waals surface area contributed by atoms with Crippen molar-refractivity contribution in [3.63, 3.8) is 0 Å². The van der Waals surface area contributed by atoms with Gasteiger partial charge in [0.1, 0.15) is 0 Å². The van der Waals surface area contributed by atoms with Gasteiger partial charge in [-0.15, -0.1) is 12.5 Å². The SMILES string of the molecule is FC1=CC=CC(F)(n2cccc2)[CH-]1.[Ti]. The standard InChI is InChI=1S/C10H8F2N.Ti/c11-9-4-3-5-10(12,8-9)13-6-1-2-7-13;/h1-8H;/q-1;. The molecule has 0 saturated carbocycles. The Morgan fingerprint density at radius 2 is 1.93 bits per heavy atom. The molecule has 1 aliphatic rings. The molecule has 1 unspecified atom stereocenters. The van der Waals surface area contributed by atoms with Gasteiger partial charge in [0, 0.05) is 34.1 Å². The second-order valence-electron chi connectivity index (χ2n) is 2.87. The minimum atomic E-state index is -1.86. The number of rotatable bonds is 1. The van der Waals surface area contributed by atoms with Gasteiger partial charge in [0.2, 0.25) is 0 Å². The summed E-state index contributed by atoms with van der Waals surface area (Å²) in [5, 5.41) is 0. The fourth-order valence-electron chi connectivity index (χ4n) is 1.29. The first-order valence-electron chi connectivity index (χ1n) is 3.94. The smallest absolute Gasteiger partial charge is 0.161 e. The zero-order chi connectivity index (χ0) is 9.31. The summed E-state index contributed by atoms with van der Waals surface area (Å²) in [4.78, 5) is 0. The number of hydrogen-bond donors (Lipinski definition) is 0. The molecule has 1 aromatic rings. The molecular formula is C10H8F2NTi-. The van der Waals surface area contributed by atoms with Crippen LogP contribution in [-0.2, 0) is 27.5 Å². The van der Waals surface area contributed by atoms with E-state index in [2.05, 4.69) is 0 Å². The van der Waals surface area contributed by atoms with E-state index in [-0.39, 0.29) is 21.7 Å². The Labute approximate surface area is 96.0 Å². The molecule has 1 heterocycles. The summed E-state index contributed by atoms with van der Waals surface area (Å²) in [6, 6.07) is 3.39. The minimum absolute atomic E-state index is 0. The van der Waals surface area contributed by atoms with Gasteiger partial charge in [-0.3, -0.25) is 0 Å². The molecule has 0 N–H and O–H groups in total. The molecule has 0 spiro atoms. The van der Waals surface area contributed by atoms with E-state index in [1.165, 1.54) is 22.8 Å². The van der Waals surface area contributed by atoms with Crippen molar-refractivity contribution in [2.75, 3.05) is 0 Å². The molecule has 1 nitrogen and oxygen atoms in total. The normalized spacial score (nSPS) is 24.9. The Kier molecular flexibility index (Phi) is 3.35. The van der Waals surface area contributed by atoms with E-state index < -0.39 is 11.6 Å². The van der Waals surface area contributed by atoms with Crippen LogP contribution in [0.4, 0.5) is 8.78 Å². The van der Waals surface area contributed by atoms with Crippen molar-refractivity contribution in [2.45, 2.75) is 5.79 Å². The fourth-order valence-corrected chi connectivity index (χ4v) is 1.29. The van der Waals surface area contributed by atoms with Crippen molar-refractivity contribution >= 4 is 0 Å². The van der Waals surface area contributed by atoms with E-state index in [9.17, 15) is 8.78 Å². The Morgan fingerprint density at radius 3 is 2.50 bits per heavy atom. The minimum Gasteiger partial charge on any atom is -0.329 e. The summed E-state index contributed by atoms with van der Waals surface area (Å²) in [5.41, 5.74) is 0. The van der Waals surface area contributed by atoms with Crippen molar-refractivity contribution < 1.29 is 30.5 Å². The molecule has 2 rings (SSSR count). The maximum atomic E-state index is 13.9. The van der Waals surface area contributed by atoms with E-state index in [4.69, 9.17) is 0 Å². The van der Waals surface area contributed by atoms with Gasteiger partial charge >= 0.3 is 0 Å². The molecule has 14 heavy (non-hydrogen) atoms. The molecule has 0 aliphatic heterocycles. The first kappa shape index (κ1) is 11.3. The van der Waals surface area contributed by atoms with Gasteiger partial charge < -0.3 is 4.57 Å². The zero-order valence-electron chi connectivity index (χ0n) is 7.32. The fraction of sp³-hybridized carbons (Fsp3) is 0.100. The number of hydrogen-bond acceptors (Lipinski definition) is 0. The summed E-state index contributed by atoms with van der Waals surface area (Å²) < 4.78 is 28.0. The van der Waals surface area contributed by atoms with Gasteiger partial charge in [0.05, 0.1) is 0 Å². The second-order valence-corrected chi connectivity index (χ2v) is 2.87. The third kappa shape index (κ3) is 1.99. The maximum absolute atomic E-state index is 13.9. The van der Waals surface area contributed by atoms with Crippen LogP contribution < -0.4 is 0 Å². The van der Waals surface area contributed by atoms with Gasteiger partial charge in [-0.1, -0.05) is 6.08 Å². The van der Waals surface area contributed by atoms with E-state index in [1.54, 1.807) is 24.5 Å².